The van der Waals surface area contributed by atoms with E-state index in [9.17, 15) is 18.8 Å². The molecular formula is C27H32FN3O4S. The number of amides is 2. The summed E-state index contributed by atoms with van der Waals surface area (Å²) in [7, 11) is 0. The third-order valence-corrected chi connectivity index (χ3v) is 6.82. The van der Waals surface area contributed by atoms with E-state index in [1.807, 2.05) is 0 Å². The van der Waals surface area contributed by atoms with E-state index in [4.69, 9.17) is 4.74 Å². The lowest BCUT2D eigenvalue weighted by Gasteiger charge is -2.32. The maximum Gasteiger partial charge on any atom is 0.338 e. The number of carbonyl (C=O) groups excluding carboxylic acids is 3. The van der Waals surface area contributed by atoms with Crippen LogP contribution in [0.15, 0.2) is 53.5 Å². The van der Waals surface area contributed by atoms with E-state index >= 15 is 0 Å². The Kier molecular flexibility index (Phi) is 10.5. The number of rotatable bonds is 11. The zero-order valence-electron chi connectivity index (χ0n) is 20.7. The van der Waals surface area contributed by atoms with Gasteiger partial charge in [-0.1, -0.05) is 44.4 Å². The Morgan fingerprint density at radius 1 is 1.06 bits per heavy atom. The number of carbonyl (C=O) groups is 3. The van der Waals surface area contributed by atoms with Crippen molar-refractivity contribution in [3.8, 4) is 0 Å². The maximum atomic E-state index is 13.4. The largest absolute Gasteiger partial charge is 0.462 e. The van der Waals surface area contributed by atoms with Gasteiger partial charge in [0.15, 0.2) is 5.17 Å². The van der Waals surface area contributed by atoms with E-state index in [2.05, 4.69) is 17.2 Å². The summed E-state index contributed by atoms with van der Waals surface area (Å²) in [6.07, 6.45) is 5.31. The highest BCUT2D eigenvalue weighted by Crippen LogP contribution is 2.30. The molecule has 1 unspecified atom stereocenters. The van der Waals surface area contributed by atoms with Crippen molar-refractivity contribution in [2.75, 3.05) is 18.5 Å². The van der Waals surface area contributed by atoms with Crippen LogP contribution < -0.4 is 5.32 Å². The number of ether oxygens (including phenoxy) is 1. The normalized spacial score (nSPS) is 16.8. The molecule has 0 spiro atoms. The molecule has 3 rings (SSSR count). The third kappa shape index (κ3) is 7.91. The Hall–Kier alpha value is -3.20. The van der Waals surface area contributed by atoms with E-state index in [1.54, 1.807) is 48.2 Å². The van der Waals surface area contributed by atoms with Gasteiger partial charge in [-0.2, -0.15) is 0 Å². The minimum Gasteiger partial charge on any atom is -0.462 e. The van der Waals surface area contributed by atoms with E-state index in [1.165, 1.54) is 23.9 Å². The van der Waals surface area contributed by atoms with Crippen molar-refractivity contribution in [2.45, 2.75) is 57.6 Å². The summed E-state index contributed by atoms with van der Waals surface area (Å²) < 4.78 is 18.3. The quantitative estimate of drug-likeness (QED) is 0.297. The van der Waals surface area contributed by atoms with E-state index in [-0.39, 0.29) is 30.7 Å². The highest BCUT2D eigenvalue weighted by Gasteiger charge is 2.35. The molecule has 0 bridgehead atoms. The van der Waals surface area contributed by atoms with Crippen molar-refractivity contribution in [1.82, 2.24) is 4.90 Å². The van der Waals surface area contributed by atoms with Crippen LogP contribution in [0.1, 0.15) is 62.7 Å². The van der Waals surface area contributed by atoms with Crippen molar-refractivity contribution >= 4 is 46.1 Å². The maximum absolute atomic E-state index is 13.4. The van der Waals surface area contributed by atoms with Gasteiger partial charge in [-0.3, -0.25) is 14.5 Å². The molecule has 1 saturated heterocycles. The van der Waals surface area contributed by atoms with Crippen molar-refractivity contribution in [3.05, 3.63) is 59.9 Å². The number of unbranched alkanes of at least 4 members (excludes halogenated alkanes) is 4. The predicted octanol–water partition coefficient (Wildman–Crippen LogP) is 5.93. The molecule has 0 aromatic heterocycles. The highest BCUT2D eigenvalue weighted by atomic mass is 32.2. The molecular weight excluding hydrogens is 481 g/mol. The Morgan fingerprint density at radius 3 is 2.42 bits per heavy atom. The van der Waals surface area contributed by atoms with Crippen LogP contribution in [0.25, 0.3) is 0 Å². The summed E-state index contributed by atoms with van der Waals surface area (Å²) >= 11 is 1.23. The SMILES string of the molecule is CCCCCCCN1C(=O)CC(C(=O)Nc2ccc(C(=O)OCC)cc2)SC1=Nc1ccc(F)cc1. The Bertz CT molecular complexity index is 1070. The average molecular weight is 514 g/mol. The number of hydrogen-bond donors (Lipinski definition) is 1. The van der Waals surface area contributed by atoms with Crippen LogP contribution in [0.2, 0.25) is 0 Å². The molecule has 7 nitrogen and oxygen atoms in total. The summed E-state index contributed by atoms with van der Waals surface area (Å²) in [5, 5.41) is 2.58. The molecule has 1 fully saturated rings. The highest BCUT2D eigenvalue weighted by molar-refractivity contribution is 8.15. The monoisotopic (exact) mass is 513 g/mol. The van der Waals surface area contributed by atoms with Gasteiger partial charge in [-0.25, -0.2) is 14.2 Å². The van der Waals surface area contributed by atoms with Gasteiger partial charge < -0.3 is 10.1 Å². The van der Waals surface area contributed by atoms with Gasteiger partial charge in [0.05, 0.1) is 17.9 Å². The zero-order valence-corrected chi connectivity index (χ0v) is 21.5. The molecule has 1 atom stereocenters. The Labute approximate surface area is 215 Å². The molecule has 2 aromatic carbocycles. The minimum atomic E-state index is -0.669. The summed E-state index contributed by atoms with van der Waals surface area (Å²) in [5.74, 6) is -1.29. The molecule has 0 radical (unpaired) electrons. The van der Waals surface area contributed by atoms with E-state index in [0.717, 1.165) is 32.1 Å². The lowest BCUT2D eigenvalue weighted by Crippen LogP contribution is -2.45. The molecule has 9 heteroatoms. The number of aliphatic imine (C=N–C) groups is 1. The standard InChI is InChI=1S/C27H32FN3O4S/c1-3-5-6-7-8-17-31-24(32)18-23(36-27(31)30-22-15-11-20(28)12-16-22)25(33)29-21-13-9-19(10-14-21)26(34)35-4-2/h9-16,23H,3-8,17-18H2,1-2H3,(H,29,33). The number of anilines is 1. The fraction of sp³-hybridized carbons (Fsp3) is 0.407. The first-order chi connectivity index (χ1) is 17.4. The molecule has 1 aliphatic rings. The van der Waals surface area contributed by atoms with Gasteiger partial charge in [0.2, 0.25) is 11.8 Å². The summed E-state index contributed by atoms with van der Waals surface area (Å²) in [4.78, 5) is 44.1. The average Bonchev–Trinajstić information content (AvgIpc) is 2.87. The lowest BCUT2D eigenvalue weighted by molar-refractivity contribution is -0.129. The van der Waals surface area contributed by atoms with Crippen LogP contribution in [0.4, 0.5) is 15.8 Å². The molecule has 1 N–H and O–H groups in total. The first kappa shape index (κ1) is 27.4. The first-order valence-corrected chi connectivity index (χ1v) is 13.2. The van der Waals surface area contributed by atoms with Gasteiger partial charge in [-0.15, -0.1) is 0 Å². The fourth-order valence-electron chi connectivity index (χ4n) is 3.69. The molecule has 0 aliphatic carbocycles. The number of halogens is 1. The molecule has 2 amide bonds. The number of thioether (sulfide) groups is 1. The number of esters is 1. The van der Waals surface area contributed by atoms with E-state index in [0.29, 0.717) is 28.7 Å². The second kappa shape index (κ2) is 13.8. The van der Waals surface area contributed by atoms with Crippen molar-refractivity contribution in [3.63, 3.8) is 0 Å². The van der Waals surface area contributed by atoms with Crippen LogP contribution >= 0.6 is 11.8 Å². The summed E-state index contributed by atoms with van der Waals surface area (Å²) in [5.41, 5.74) is 1.41. The number of benzene rings is 2. The van der Waals surface area contributed by atoms with Gasteiger partial charge in [-0.05, 0) is 61.9 Å². The number of nitrogens with zero attached hydrogens (tertiary/aromatic N) is 2. The van der Waals surface area contributed by atoms with Crippen LogP contribution in [-0.2, 0) is 14.3 Å². The molecule has 192 valence electrons. The number of amidine groups is 1. The van der Waals surface area contributed by atoms with Crippen molar-refractivity contribution in [1.29, 1.82) is 0 Å². The van der Waals surface area contributed by atoms with Gasteiger partial charge in [0, 0.05) is 18.7 Å². The molecule has 36 heavy (non-hydrogen) atoms. The van der Waals surface area contributed by atoms with Crippen LogP contribution in [0.5, 0.6) is 0 Å². The smallest absolute Gasteiger partial charge is 0.338 e. The number of hydrogen-bond acceptors (Lipinski definition) is 6. The van der Waals surface area contributed by atoms with Gasteiger partial charge >= 0.3 is 5.97 Å². The minimum absolute atomic E-state index is 0.0504. The summed E-state index contributed by atoms with van der Waals surface area (Å²) in [6.45, 7) is 4.69. The third-order valence-electron chi connectivity index (χ3n) is 5.63. The second-order valence-electron chi connectivity index (χ2n) is 8.43. The van der Waals surface area contributed by atoms with Crippen LogP contribution in [0.3, 0.4) is 0 Å². The predicted molar refractivity (Wildman–Crippen MR) is 141 cm³/mol. The molecule has 0 saturated carbocycles. The number of nitrogens with one attached hydrogen (secondary N) is 1. The summed E-state index contributed by atoms with van der Waals surface area (Å²) in [6, 6.07) is 12.1. The zero-order chi connectivity index (χ0) is 25.9. The van der Waals surface area contributed by atoms with Crippen molar-refractivity contribution in [2.24, 2.45) is 4.99 Å². The van der Waals surface area contributed by atoms with Crippen molar-refractivity contribution < 1.29 is 23.5 Å². The molecule has 1 aliphatic heterocycles. The Morgan fingerprint density at radius 2 is 1.75 bits per heavy atom. The topological polar surface area (TPSA) is 88.1 Å². The molecule has 2 aromatic rings. The lowest BCUT2D eigenvalue weighted by atomic mass is 10.1. The second-order valence-corrected chi connectivity index (χ2v) is 9.60. The molecule has 1 heterocycles. The van der Waals surface area contributed by atoms with Crippen LogP contribution in [-0.4, -0.2) is 46.3 Å². The fourth-order valence-corrected chi connectivity index (χ4v) is 4.81. The van der Waals surface area contributed by atoms with Gasteiger partial charge in [0.1, 0.15) is 11.1 Å². The Balaban J connectivity index is 1.71. The van der Waals surface area contributed by atoms with E-state index < -0.39 is 11.2 Å². The van der Waals surface area contributed by atoms with Crippen LogP contribution in [0, 0.1) is 5.82 Å². The first-order valence-electron chi connectivity index (χ1n) is 12.3. The van der Waals surface area contributed by atoms with Gasteiger partial charge in [0.25, 0.3) is 0 Å².